The number of hydrogen-bond donors (Lipinski definition) is 1. The third-order valence-electron chi connectivity index (χ3n) is 4.31. The molecular weight excluding hydrogens is 316 g/mol. The lowest BCUT2D eigenvalue weighted by Gasteiger charge is -2.10. The van der Waals surface area contributed by atoms with Crippen molar-refractivity contribution in [3.63, 3.8) is 0 Å². The summed E-state index contributed by atoms with van der Waals surface area (Å²) in [5, 5.41) is 6.08. The number of anilines is 1. The van der Waals surface area contributed by atoms with E-state index < -0.39 is 0 Å². The Morgan fingerprint density at radius 3 is 2.84 bits per heavy atom. The topological polar surface area (TPSA) is 84.3 Å². The van der Waals surface area contributed by atoms with Crippen LogP contribution in [0.25, 0.3) is 11.1 Å². The van der Waals surface area contributed by atoms with Gasteiger partial charge in [-0.2, -0.15) is 0 Å². The van der Waals surface area contributed by atoms with E-state index in [1.165, 1.54) is 6.07 Å². The van der Waals surface area contributed by atoms with Crippen molar-refractivity contribution in [3.05, 3.63) is 77.1 Å². The van der Waals surface area contributed by atoms with Crippen LogP contribution >= 0.6 is 0 Å². The van der Waals surface area contributed by atoms with E-state index in [1.807, 2.05) is 18.2 Å². The summed E-state index contributed by atoms with van der Waals surface area (Å²) in [7, 11) is 0. The standard InChI is InChI=1S/C19H14N4O2/c24-18(12-3-1-5-15(7-12)23-25)17-11-22-19-16(17)8-14(10-21-19)13-4-2-6-20-9-13/h1-10,17H,11H2,(H,21,22). The Morgan fingerprint density at radius 2 is 2.04 bits per heavy atom. The number of nitrogens with one attached hydrogen (secondary N) is 1. The highest BCUT2D eigenvalue weighted by atomic mass is 16.3. The van der Waals surface area contributed by atoms with E-state index in [9.17, 15) is 9.70 Å². The maximum atomic E-state index is 12.9. The van der Waals surface area contributed by atoms with Crippen molar-refractivity contribution in [2.75, 3.05) is 11.9 Å². The molecule has 0 fully saturated rings. The molecule has 1 aliphatic rings. The van der Waals surface area contributed by atoms with Gasteiger partial charge in [-0.1, -0.05) is 18.2 Å². The van der Waals surface area contributed by atoms with Crippen LogP contribution in [0, 0.1) is 4.91 Å². The molecule has 122 valence electrons. The fraction of sp³-hybridized carbons (Fsp3) is 0.105. The number of aromatic nitrogens is 2. The van der Waals surface area contributed by atoms with Crippen molar-refractivity contribution in [2.45, 2.75) is 5.92 Å². The van der Waals surface area contributed by atoms with Gasteiger partial charge in [-0.25, -0.2) is 4.98 Å². The van der Waals surface area contributed by atoms with Crippen LogP contribution in [0.4, 0.5) is 11.5 Å². The predicted molar refractivity (Wildman–Crippen MR) is 94.9 cm³/mol. The molecular formula is C19H14N4O2. The summed E-state index contributed by atoms with van der Waals surface area (Å²) < 4.78 is 0. The number of fused-ring (bicyclic) bond motifs is 1. The van der Waals surface area contributed by atoms with Crippen LogP contribution in [0.1, 0.15) is 21.8 Å². The minimum Gasteiger partial charge on any atom is -0.369 e. The first-order chi connectivity index (χ1) is 12.3. The largest absolute Gasteiger partial charge is 0.369 e. The van der Waals surface area contributed by atoms with Gasteiger partial charge in [0, 0.05) is 47.4 Å². The zero-order chi connectivity index (χ0) is 17.2. The third kappa shape index (κ3) is 2.78. The normalized spacial score (nSPS) is 15.3. The van der Waals surface area contributed by atoms with Crippen LogP contribution < -0.4 is 5.32 Å². The lowest BCUT2D eigenvalue weighted by atomic mass is 9.92. The van der Waals surface area contributed by atoms with Crippen LogP contribution in [0.3, 0.4) is 0 Å². The second kappa shape index (κ2) is 6.24. The fourth-order valence-corrected chi connectivity index (χ4v) is 3.05. The van der Waals surface area contributed by atoms with Gasteiger partial charge in [0.1, 0.15) is 11.5 Å². The summed E-state index contributed by atoms with van der Waals surface area (Å²) in [6, 6.07) is 12.3. The molecule has 2 aromatic heterocycles. The molecule has 0 saturated carbocycles. The molecule has 4 rings (SSSR count). The first kappa shape index (κ1) is 15.1. The first-order valence-electron chi connectivity index (χ1n) is 7.88. The molecule has 25 heavy (non-hydrogen) atoms. The summed E-state index contributed by atoms with van der Waals surface area (Å²) >= 11 is 0. The van der Waals surface area contributed by atoms with E-state index in [2.05, 4.69) is 20.5 Å². The number of hydrogen-bond acceptors (Lipinski definition) is 6. The molecule has 1 unspecified atom stereocenters. The van der Waals surface area contributed by atoms with Crippen molar-refractivity contribution in [1.29, 1.82) is 0 Å². The van der Waals surface area contributed by atoms with E-state index in [0.29, 0.717) is 12.1 Å². The number of carbonyl (C=O) groups excluding carboxylic acids is 1. The molecule has 1 N–H and O–H groups in total. The predicted octanol–water partition coefficient (Wildman–Crippen LogP) is 3.93. The lowest BCUT2D eigenvalue weighted by Crippen LogP contribution is -2.14. The van der Waals surface area contributed by atoms with E-state index in [0.717, 1.165) is 22.5 Å². The van der Waals surface area contributed by atoms with Crippen molar-refractivity contribution >= 4 is 17.3 Å². The van der Waals surface area contributed by atoms with Gasteiger partial charge in [0.25, 0.3) is 0 Å². The lowest BCUT2D eigenvalue weighted by molar-refractivity contribution is 0.0966. The van der Waals surface area contributed by atoms with Gasteiger partial charge < -0.3 is 5.32 Å². The molecule has 0 amide bonds. The maximum Gasteiger partial charge on any atom is 0.172 e. The summed E-state index contributed by atoms with van der Waals surface area (Å²) in [4.78, 5) is 32.2. The minimum atomic E-state index is -0.346. The Hall–Kier alpha value is -3.41. The van der Waals surface area contributed by atoms with Gasteiger partial charge in [0.05, 0.1) is 5.92 Å². The zero-order valence-electron chi connectivity index (χ0n) is 13.2. The second-order valence-electron chi connectivity index (χ2n) is 5.84. The zero-order valence-corrected chi connectivity index (χ0v) is 13.2. The Balaban J connectivity index is 1.71. The number of pyridine rings is 2. The SMILES string of the molecule is O=Nc1cccc(C(=O)C2CNc3ncc(-c4cccnc4)cc32)c1. The Kier molecular flexibility index (Phi) is 3.78. The van der Waals surface area contributed by atoms with Crippen LogP contribution in [0.15, 0.2) is 66.2 Å². The number of benzene rings is 1. The number of rotatable bonds is 4. The molecule has 6 nitrogen and oxygen atoms in total. The van der Waals surface area contributed by atoms with Crippen molar-refractivity contribution < 1.29 is 4.79 Å². The molecule has 3 aromatic rings. The van der Waals surface area contributed by atoms with E-state index in [1.54, 1.807) is 36.8 Å². The molecule has 0 radical (unpaired) electrons. The van der Waals surface area contributed by atoms with Crippen molar-refractivity contribution in [1.82, 2.24) is 9.97 Å². The smallest absolute Gasteiger partial charge is 0.172 e. The quantitative estimate of drug-likeness (QED) is 0.578. The van der Waals surface area contributed by atoms with Crippen LogP contribution in [0.5, 0.6) is 0 Å². The average molecular weight is 330 g/mol. The van der Waals surface area contributed by atoms with Crippen LogP contribution in [-0.2, 0) is 0 Å². The summed E-state index contributed by atoms with van der Waals surface area (Å²) in [5.41, 5.74) is 3.44. The van der Waals surface area contributed by atoms with Gasteiger partial charge in [-0.15, -0.1) is 4.91 Å². The molecule has 0 saturated heterocycles. The molecule has 3 heterocycles. The monoisotopic (exact) mass is 330 g/mol. The van der Waals surface area contributed by atoms with Crippen molar-refractivity contribution in [2.24, 2.45) is 5.18 Å². The Labute approximate surface area is 143 Å². The van der Waals surface area contributed by atoms with Crippen molar-refractivity contribution in [3.8, 4) is 11.1 Å². The van der Waals surface area contributed by atoms with Crippen LogP contribution in [-0.4, -0.2) is 22.3 Å². The molecule has 1 aliphatic heterocycles. The molecule has 0 bridgehead atoms. The number of Topliss-reactive ketones (excluding diaryl/α,β-unsaturated/α-hetero) is 1. The number of carbonyl (C=O) groups is 1. The van der Waals surface area contributed by atoms with Gasteiger partial charge in [0.2, 0.25) is 0 Å². The fourth-order valence-electron chi connectivity index (χ4n) is 3.05. The molecule has 6 heteroatoms. The molecule has 1 aromatic carbocycles. The molecule has 1 atom stereocenters. The van der Waals surface area contributed by atoms with Gasteiger partial charge >= 0.3 is 0 Å². The van der Waals surface area contributed by atoms with E-state index in [-0.39, 0.29) is 17.4 Å². The van der Waals surface area contributed by atoms with Crippen LogP contribution in [0.2, 0.25) is 0 Å². The number of nitroso groups, excluding NO2 is 1. The van der Waals surface area contributed by atoms with Gasteiger partial charge in [0.15, 0.2) is 5.78 Å². The summed E-state index contributed by atoms with van der Waals surface area (Å²) in [6.07, 6.45) is 5.25. The Bertz CT molecular complexity index is 957. The molecule has 0 spiro atoms. The van der Waals surface area contributed by atoms with Gasteiger partial charge in [-0.3, -0.25) is 9.78 Å². The van der Waals surface area contributed by atoms with Gasteiger partial charge in [-0.05, 0) is 29.4 Å². The number of nitrogens with zero attached hydrogens (tertiary/aromatic N) is 3. The minimum absolute atomic E-state index is 0.0538. The Morgan fingerprint density at radius 1 is 1.12 bits per heavy atom. The highest BCUT2D eigenvalue weighted by molar-refractivity contribution is 6.03. The summed E-state index contributed by atoms with van der Waals surface area (Å²) in [5.74, 6) is 0.318. The second-order valence-corrected chi connectivity index (χ2v) is 5.84. The first-order valence-corrected chi connectivity index (χ1v) is 7.88. The number of ketones is 1. The van der Waals surface area contributed by atoms with E-state index >= 15 is 0 Å². The summed E-state index contributed by atoms with van der Waals surface area (Å²) in [6.45, 7) is 0.483. The van der Waals surface area contributed by atoms with E-state index in [4.69, 9.17) is 0 Å². The average Bonchev–Trinajstić information content (AvgIpc) is 3.11. The highest BCUT2D eigenvalue weighted by Crippen LogP contribution is 2.35. The maximum absolute atomic E-state index is 12.9. The highest BCUT2D eigenvalue weighted by Gasteiger charge is 2.30. The molecule has 0 aliphatic carbocycles. The third-order valence-corrected chi connectivity index (χ3v) is 4.31.